The Kier molecular flexibility index (Phi) is 3.39. The van der Waals surface area contributed by atoms with Gasteiger partial charge in [0.2, 0.25) is 0 Å². The minimum atomic E-state index is 0.234. The fourth-order valence-corrected chi connectivity index (χ4v) is 2.85. The molecule has 0 saturated heterocycles. The van der Waals surface area contributed by atoms with Gasteiger partial charge in [0.15, 0.2) is 5.78 Å². The van der Waals surface area contributed by atoms with Crippen LogP contribution in [0.4, 0.5) is 0 Å². The molecule has 2 aliphatic rings. The molecule has 3 nitrogen and oxygen atoms in total. The number of halogens is 1. The Labute approximate surface area is 115 Å². The van der Waals surface area contributed by atoms with Crippen LogP contribution in [-0.2, 0) is 17.6 Å². The van der Waals surface area contributed by atoms with E-state index in [2.05, 4.69) is 27.3 Å². The lowest BCUT2D eigenvalue weighted by atomic mass is 10.0. The fourth-order valence-electron chi connectivity index (χ4n) is 2.30. The molecule has 3 rings (SSSR count). The van der Waals surface area contributed by atoms with Gasteiger partial charge in [-0.15, -0.1) is 0 Å². The van der Waals surface area contributed by atoms with Crippen LogP contribution in [0, 0.1) is 0 Å². The monoisotopic (exact) mass is 309 g/mol. The molecule has 4 heteroatoms. The molecular weight excluding hydrogens is 294 g/mol. The summed E-state index contributed by atoms with van der Waals surface area (Å²) in [5.41, 5.74) is 2.22. The molecule has 1 aliphatic heterocycles. The lowest BCUT2D eigenvalue weighted by Crippen LogP contribution is -2.26. The van der Waals surface area contributed by atoms with E-state index in [-0.39, 0.29) is 5.78 Å². The van der Waals surface area contributed by atoms with Gasteiger partial charge in [-0.1, -0.05) is 15.9 Å². The van der Waals surface area contributed by atoms with Crippen LogP contribution in [-0.4, -0.2) is 25.0 Å². The van der Waals surface area contributed by atoms with Crippen LogP contribution in [0.2, 0.25) is 0 Å². The topological polar surface area (TPSA) is 38.3 Å². The Morgan fingerprint density at radius 3 is 3.06 bits per heavy atom. The molecular formula is C14H16BrNO2. The van der Waals surface area contributed by atoms with E-state index in [4.69, 9.17) is 4.74 Å². The first-order chi connectivity index (χ1) is 8.72. The average molecular weight is 310 g/mol. The molecule has 1 heterocycles. The highest BCUT2D eigenvalue weighted by molar-refractivity contribution is 9.10. The van der Waals surface area contributed by atoms with Gasteiger partial charge < -0.3 is 10.1 Å². The molecule has 0 radical (unpaired) electrons. The number of ether oxygens (including phenoxy) is 1. The van der Waals surface area contributed by atoms with Gasteiger partial charge in [0.1, 0.15) is 5.75 Å². The summed E-state index contributed by atoms with van der Waals surface area (Å²) in [5.74, 6) is 1.16. The van der Waals surface area contributed by atoms with Crippen molar-refractivity contribution >= 4 is 21.7 Å². The Bertz CT molecular complexity index is 483. The average Bonchev–Trinajstić information content (AvgIpc) is 3.04. The Morgan fingerprint density at radius 2 is 2.28 bits per heavy atom. The quantitative estimate of drug-likeness (QED) is 0.906. The van der Waals surface area contributed by atoms with Crippen molar-refractivity contribution in [1.82, 2.24) is 5.32 Å². The van der Waals surface area contributed by atoms with Crippen molar-refractivity contribution in [2.24, 2.45) is 0 Å². The summed E-state index contributed by atoms with van der Waals surface area (Å²) in [7, 11) is 0. The normalized spacial score (nSPS) is 17.4. The lowest BCUT2D eigenvalue weighted by molar-refractivity contribution is -0.117. The zero-order chi connectivity index (χ0) is 12.5. The molecule has 0 spiro atoms. The number of fused-ring (bicyclic) bond motifs is 1. The van der Waals surface area contributed by atoms with E-state index in [0.29, 0.717) is 19.0 Å². The van der Waals surface area contributed by atoms with Crippen molar-refractivity contribution in [3.8, 4) is 5.75 Å². The zero-order valence-electron chi connectivity index (χ0n) is 10.2. The summed E-state index contributed by atoms with van der Waals surface area (Å²) in [5, 5.41) is 3.26. The summed E-state index contributed by atoms with van der Waals surface area (Å²) in [6, 6.07) is 4.66. The minimum Gasteiger partial charge on any atom is -0.493 e. The van der Waals surface area contributed by atoms with E-state index in [9.17, 15) is 4.79 Å². The molecule has 1 fully saturated rings. The summed E-state index contributed by atoms with van der Waals surface area (Å²) in [6.45, 7) is 1.21. The Balaban J connectivity index is 1.69. The van der Waals surface area contributed by atoms with Gasteiger partial charge >= 0.3 is 0 Å². The molecule has 1 saturated carbocycles. The van der Waals surface area contributed by atoms with Crippen molar-refractivity contribution in [2.75, 3.05) is 13.2 Å². The number of benzene rings is 1. The molecule has 1 N–H and O–H groups in total. The predicted molar refractivity (Wildman–Crippen MR) is 73.1 cm³/mol. The smallest absolute Gasteiger partial charge is 0.151 e. The molecule has 0 atom stereocenters. The van der Waals surface area contributed by atoms with Crippen molar-refractivity contribution in [3.63, 3.8) is 0 Å². The Morgan fingerprint density at radius 1 is 1.44 bits per heavy atom. The van der Waals surface area contributed by atoms with Gasteiger partial charge in [-0.3, -0.25) is 4.79 Å². The largest absolute Gasteiger partial charge is 0.493 e. The molecule has 1 aromatic carbocycles. The summed E-state index contributed by atoms with van der Waals surface area (Å²) in [6.07, 6.45) is 3.82. The first kappa shape index (κ1) is 12.2. The second-order valence-corrected chi connectivity index (χ2v) is 5.94. The highest BCUT2D eigenvalue weighted by Crippen LogP contribution is 2.33. The number of rotatable bonds is 5. The maximum atomic E-state index is 11.9. The maximum absolute atomic E-state index is 11.9. The number of Topliss-reactive ketones (excluding diaryl/α,β-unsaturated/α-hetero) is 1. The number of nitrogens with one attached hydrogen (secondary N) is 1. The van der Waals surface area contributed by atoms with Crippen LogP contribution in [0.1, 0.15) is 24.0 Å². The Hall–Kier alpha value is -0.870. The highest BCUT2D eigenvalue weighted by Gasteiger charge is 2.22. The third kappa shape index (κ3) is 2.75. The van der Waals surface area contributed by atoms with Gasteiger partial charge in [0, 0.05) is 28.9 Å². The van der Waals surface area contributed by atoms with Crippen molar-refractivity contribution in [2.45, 2.75) is 31.7 Å². The first-order valence-electron chi connectivity index (χ1n) is 6.41. The standard InChI is InChI=1S/C14H16BrNO2/c15-11-5-9-3-4-18-14(9)10(6-11)7-13(17)8-16-12-1-2-12/h5-6,12,16H,1-4,7-8H2. The van der Waals surface area contributed by atoms with Gasteiger partial charge in [-0.2, -0.15) is 0 Å². The van der Waals surface area contributed by atoms with Crippen LogP contribution < -0.4 is 10.1 Å². The third-order valence-electron chi connectivity index (χ3n) is 3.38. The van der Waals surface area contributed by atoms with Crippen LogP contribution in [0.3, 0.4) is 0 Å². The number of ketones is 1. The van der Waals surface area contributed by atoms with Gasteiger partial charge in [-0.25, -0.2) is 0 Å². The fraction of sp³-hybridized carbons (Fsp3) is 0.500. The molecule has 0 aromatic heterocycles. The SMILES string of the molecule is O=C(CNC1CC1)Cc1cc(Br)cc2c1OCC2. The second-order valence-electron chi connectivity index (χ2n) is 5.02. The second kappa shape index (κ2) is 5.02. The first-order valence-corrected chi connectivity index (χ1v) is 7.21. The predicted octanol–water partition coefficient (Wildman–Crippen LogP) is 2.25. The molecule has 1 aromatic rings. The number of hydrogen-bond donors (Lipinski definition) is 1. The minimum absolute atomic E-state index is 0.234. The number of carbonyl (C=O) groups excluding carboxylic acids is 1. The van der Waals surface area contributed by atoms with Crippen LogP contribution in [0.15, 0.2) is 16.6 Å². The van der Waals surface area contributed by atoms with E-state index in [1.165, 1.54) is 18.4 Å². The number of carbonyl (C=O) groups is 1. The van der Waals surface area contributed by atoms with E-state index in [1.54, 1.807) is 0 Å². The summed E-state index contributed by atoms with van der Waals surface area (Å²) in [4.78, 5) is 11.9. The molecule has 1 aliphatic carbocycles. The van der Waals surface area contributed by atoms with Crippen molar-refractivity contribution in [3.05, 3.63) is 27.7 Å². The zero-order valence-corrected chi connectivity index (χ0v) is 11.8. The highest BCUT2D eigenvalue weighted by atomic mass is 79.9. The van der Waals surface area contributed by atoms with E-state index in [1.807, 2.05) is 6.07 Å². The maximum Gasteiger partial charge on any atom is 0.151 e. The van der Waals surface area contributed by atoms with E-state index in [0.717, 1.165) is 28.8 Å². The van der Waals surface area contributed by atoms with Gasteiger partial charge in [0.25, 0.3) is 0 Å². The summed E-state index contributed by atoms with van der Waals surface area (Å²) >= 11 is 3.50. The third-order valence-corrected chi connectivity index (χ3v) is 3.84. The van der Waals surface area contributed by atoms with E-state index >= 15 is 0 Å². The van der Waals surface area contributed by atoms with Crippen LogP contribution >= 0.6 is 15.9 Å². The molecule has 0 bridgehead atoms. The van der Waals surface area contributed by atoms with Crippen LogP contribution in [0.5, 0.6) is 5.75 Å². The molecule has 18 heavy (non-hydrogen) atoms. The van der Waals surface area contributed by atoms with Gasteiger partial charge in [0.05, 0.1) is 13.2 Å². The van der Waals surface area contributed by atoms with E-state index < -0.39 is 0 Å². The van der Waals surface area contributed by atoms with Gasteiger partial charge in [-0.05, 0) is 30.5 Å². The van der Waals surface area contributed by atoms with Crippen LogP contribution in [0.25, 0.3) is 0 Å². The lowest BCUT2D eigenvalue weighted by Gasteiger charge is -2.09. The van der Waals surface area contributed by atoms with Crippen molar-refractivity contribution < 1.29 is 9.53 Å². The molecule has 96 valence electrons. The van der Waals surface area contributed by atoms with Crippen molar-refractivity contribution in [1.29, 1.82) is 0 Å². The molecule has 0 amide bonds. The summed E-state index contributed by atoms with van der Waals surface area (Å²) < 4.78 is 6.66. The number of hydrogen-bond acceptors (Lipinski definition) is 3. The molecule has 0 unspecified atom stereocenters.